The first-order chi connectivity index (χ1) is 25.8. The van der Waals surface area contributed by atoms with Crippen LogP contribution in [0.25, 0.3) is 76.9 Å². The molecule has 0 saturated heterocycles. The number of rotatable bonds is 6. The molecule has 10 aromatic rings. The highest BCUT2D eigenvalue weighted by Gasteiger charge is 2.21. The molecule has 2 heteroatoms. The third-order valence-electron chi connectivity index (χ3n) is 10.3. The van der Waals surface area contributed by atoms with Crippen molar-refractivity contribution < 1.29 is 4.42 Å². The molecule has 0 radical (unpaired) electrons. The molecule has 10 rings (SSSR count). The molecule has 0 atom stereocenters. The van der Waals surface area contributed by atoms with Crippen LogP contribution in [0.3, 0.4) is 0 Å². The van der Waals surface area contributed by atoms with Crippen molar-refractivity contribution in [3.8, 4) is 33.4 Å². The van der Waals surface area contributed by atoms with Gasteiger partial charge in [0.1, 0.15) is 11.2 Å². The van der Waals surface area contributed by atoms with Crippen molar-refractivity contribution in [1.29, 1.82) is 0 Å². The SMILES string of the molecule is c1ccc(-c2ccccc2-c2ccc(N(c3ccc(-c4cccc5ccccc45)cc3)c3cc4c5ccccc5oc4c4ccccc34)cc2)cc1. The number of benzene rings is 9. The second-order valence-corrected chi connectivity index (χ2v) is 13.3. The van der Waals surface area contributed by atoms with Crippen molar-refractivity contribution in [2.45, 2.75) is 0 Å². The van der Waals surface area contributed by atoms with Crippen molar-refractivity contribution in [3.05, 3.63) is 200 Å². The Morgan fingerprint density at radius 2 is 0.827 bits per heavy atom. The highest BCUT2D eigenvalue weighted by molar-refractivity contribution is 6.19. The van der Waals surface area contributed by atoms with Crippen LogP contribution in [-0.2, 0) is 0 Å². The van der Waals surface area contributed by atoms with E-state index in [1.165, 1.54) is 44.2 Å². The summed E-state index contributed by atoms with van der Waals surface area (Å²) in [6.07, 6.45) is 0. The lowest BCUT2D eigenvalue weighted by atomic mass is 9.94. The summed E-state index contributed by atoms with van der Waals surface area (Å²) in [6.45, 7) is 0. The molecule has 0 unspecified atom stereocenters. The molecule has 1 aromatic heterocycles. The lowest BCUT2D eigenvalue weighted by Crippen LogP contribution is -2.10. The average molecular weight is 664 g/mol. The van der Waals surface area contributed by atoms with Crippen molar-refractivity contribution in [2.75, 3.05) is 4.90 Å². The fourth-order valence-electron chi connectivity index (χ4n) is 7.80. The Labute approximate surface area is 302 Å². The van der Waals surface area contributed by atoms with Gasteiger partial charge in [0, 0.05) is 32.9 Å². The molecular weight excluding hydrogens is 631 g/mol. The molecule has 0 aliphatic carbocycles. The van der Waals surface area contributed by atoms with Crippen LogP contribution < -0.4 is 4.90 Å². The standard InChI is InChI=1S/C50H33NO/c1-2-13-34(14-3-1)40-18-6-7-19-42(40)36-25-29-38(30-26-36)51(39-31-27-37(28-32-39)43-23-12-16-35-15-4-5-17-41(35)43)48-33-47-45-21-10-11-24-49(45)52-50(47)46-22-9-8-20-44(46)48/h1-33H. The number of hydrogen-bond acceptors (Lipinski definition) is 2. The van der Waals surface area contributed by atoms with Gasteiger partial charge in [0.25, 0.3) is 0 Å². The molecule has 0 aliphatic heterocycles. The van der Waals surface area contributed by atoms with E-state index in [0.717, 1.165) is 49.8 Å². The minimum Gasteiger partial charge on any atom is -0.455 e. The summed E-state index contributed by atoms with van der Waals surface area (Å²) >= 11 is 0. The summed E-state index contributed by atoms with van der Waals surface area (Å²) in [4.78, 5) is 2.39. The number of furan rings is 1. The molecule has 244 valence electrons. The van der Waals surface area contributed by atoms with Crippen molar-refractivity contribution in [1.82, 2.24) is 0 Å². The maximum Gasteiger partial charge on any atom is 0.143 e. The van der Waals surface area contributed by atoms with E-state index in [-0.39, 0.29) is 0 Å². The number of para-hydroxylation sites is 1. The van der Waals surface area contributed by atoms with Gasteiger partial charge >= 0.3 is 0 Å². The second-order valence-electron chi connectivity index (χ2n) is 13.3. The zero-order valence-electron chi connectivity index (χ0n) is 28.4. The molecule has 0 aliphatic rings. The molecule has 0 fully saturated rings. The van der Waals surface area contributed by atoms with Gasteiger partial charge in [0.15, 0.2) is 0 Å². The van der Waals surface area contributed by atoms with Gasteiger partial charge in [-0.25, -0.2) is 0 Å². The fourth-order valence-corrected chi connectivity index (χ4v) is 7.80. The van der Waals surface area contributed by atoms with Gasteiger partial charge < -0.3 is 9.32 Å². The van der Waals surface area contributed by atoms with E-state index in [2.05, 4.69) is 199 Å². The summed E-state index contributed by atoms with van der Waals surface area (Å²) in [5, 5.41) is 6.94. The minimum absolute atomic E-state index is 0.896. The van der Waals surface area contributed by atoms with Crippen molar-refractivity contribution in [3.63, 3.8) is 0 Å². The van der Waals surface area contributed by atoms with Crippen molar-refractivity contribution >= 4 is 60.5 Å². The largest absolute Gasteiger partial charge is 0.455 e. The van der Waals surface area contributed by atoms with E-state index in [1.807, 2.05) is 6.07 Å². The molecule has 0 N–H and O–H groups in total. The predicted molar refractivity (Wildman–Crippen MR) is 220 cm³/mol. The average Bonchev–Trinajstić information content (AvgIpc) is 3.60. The fraction of sp³-hybridized carbons (Fsp3) is 0. The zero-order chi connectivity index (χ0) is 34.4. The van der Waals surface area contributed by atoms with E-state index in [9.17, 15) is 0 Å². The van der Waals surface area contributed by atoms with E-state index in [4.69, 9.17) is 4.42 Å². The van der Waals surface area contributed by atoms with Crippen LogP contribution in [0.5, 0.6) is 0 Å². The van der Waals surface area contributed by atoms with Gasteiger partial charge in [-0.15, -0.1) is 0 Å². The van der Waals surface area contributed by atoms with Gasteiger partial charge in [-0.1, -0.05) is 164 Å². The van der Waals surface area contributed by atoms with Gasteiger partial charge in [-0.2, -0.15) is 0 Å². The van der Waals surface area contributed by atoms with Gasteiger partial charge in [-0.05, 0) is 80.6 Å². The molecular formula is C50H33NO. The van der Waals surface area contributed by atoms with Crippen LogP contribution in [0.1, 0.15) is 0 Å². The molecule has 1 heterocycles. The van der Waals surface area contributed by atoms with Gasteiger partial charge in [0.05, 0.1) is 5.69 Å². The Hall–Kier alpha value is -6.90. The van der Waals surface area contributed by atoms with Gasteiger partial charge in [0.2, 0.25) is 0 Å². The van der Waals surface area contributed by atoms with E-state index in [1.54, 1.807) is 0 Å². The molecule has 9 aromatic carbocycles. The molecule has 52 heavy (non-hydrogen) atoms. The maximum absolute atomic E-state index is 6.51. The summed E-state index contributed by atoms with van der Waals surface area (Å²) in [6, 6.07) is 71.7. The zero-order valence-corrected chi connectivity index (χ0v) is 28.4. The highest BCUT2D eigenvalue weighted by atomic mass is 16.3. The van der Waals surface area contributed by atoms with Crippen molar-refractivity contribution in [2.24, 2.45) is 0 Å². The third-order valence-corrected chi connectivity index (χ3v) is 10.3. The number of fused-ring (bicyclic) bond motifs is 6. The molecule has 0 spiro atoms. The lowest BCUT2D eigenvalue weighted by Gasteiger charge is -2.27. The lowest BCUT2D eigenvalue weighted by molar-refractivity contribution is 0.672. The monoisotopic (exact) mass is 663 g/mol. The third kappa shape index (κ3) is 5.04. The first-order valence-corrected chi connectivity index (χ1v) is 17.8. The predicted octanol–water partition coefficient (Wildman–Crippen LogP) is 14.4. The molecule has 0 amide bonds. The van der Waals surface area contributed by atoms with Crippen LogP contribution in [0, 0.1) is 0 Å². The van der Waals surface area contributed by atoms with Gasteiger partial charge in [-0.3, -0.25) is 0 Å². The molecule has 0 bridgehead atoms. The Bertz CT molecular complexity index is 2880. The molecule has 2 nitrogen and oxygen atoms in total. The molecule has 0 saturated carbocycles. The highest BCUT2D eigenvalue weighted by Crippen LogP contribution is 2.45. The van der Waals surface area contributed by atoms with Crippen LogP contribution in [0.4, 0.5) is 17.1 Å². The normalized spacial score (nSPS) is 11.5. The Morgan fingerprint density at radius 1 is 0.327 bits per heavy atom. The minimum atomic E-state index is 0.896. The van der Waals surface area contributed by atoms with E-state index in [0.29, 0.717) is 0 Å². The maximum atomic E-state index is 6.51. The first-order valence-electron chi connectivity index (χ1n) is 17.8. The van der Waals surface area contributed by atoms with Crippen LogP contribution in [0.15, 0.2) is 205 Å². The first kappa shape index (κ1) is 30.0. The number of nitrogens with zero attached hydrogens (tertiary/aromatic N) is 1. The van der Waals surface area contributed by atoms with E-state index < -0.39 is 0 Å². The Balaban J connectivity index is 1.16. The number of anilines is 3. The summed E-state index contributed by atoms with van der Waals surface area (Å²) < 4.78 is 6.51. The van der Waals surface area contributed by atoms with Crippen LogP contribution in [-0.4, -0.2) is 0 Å². The second kappa shape index (κ2) is 12.5. The van der Waals surface area contributed by atoms with Crippen LogP contribution in [0.2, 0.25) is 0 Å². The topological polar surface area (TPSA) is 16.4 Å². The summed E-state index contributed by atoms with van der Waals surface area (Å²) in [5.41, 5.74) is 12.3. The Morgan fingerprint density at radius 3 is 1.54 bits per heavy atom. The van der Waals surface area contributed by atoms with E-state index >= 15 is 0 Å². The summed E-state index contributed by atoms with van der Waals surface area (Å²) in [7, 11) is 0. The smallest absolute Gasteiger partial charge is 0.143 e. The quantitative estimate of drug-likeness (QED) is 0.176. The Kier molecular flexibility index (Phi) is 7.18. The number of hydrogen-bond donors (Lipinski definition) is 0. The van der Waals surface area contributed by atoms with Crippen LogP contribution >= 0.6 is 0 Å². The summed E-state index contributed by atoms with van der Waals surface area (Å²) in [5.74, 6) is 0.